The van der Waals surface area contributed by atoms with Gasteiger partial charge in [0.2, 0.25) is 0 Å². The van der Waals surface area contributed by atoms with Crippen LogP contribution in [-0.4, -0.2) is 6.54 Å². The Hall–Kier alpha value is -1.63. The number of hydrogen-bond acceptors (Lipinski definition) is 3. The molecule has 0 saturated heterocycles. The number of aryl methyl sites for hydroxylation is 2. The van der Waals surface area contributed by atoms with Crippen LogP contribution in [0.5, 0.6) is 0 Å². The van der Waals surface area contributed by atoms with E-state index in [0.717, 1.165) is 12.1 Å². The maximum atomic E-state index is 9.24. The van der Waals surface area contributed by atoms with E-state index in [0.29, 0.717) is 6.54 Å². The van der Waals surface area contributed by atoms with Crippen molar-refractivity contribution in [3.63, 3.8) is 0 Å². The van der Waals surface area contributed by atoms with E-state index in [1.54, 1.807) is 0 Å². The lowest BCUT2D eigenvalue weighted by atomic mass is 10.0. The summed E-state index contributed by atoms with van der Waals surface area (Å²) >= 11 is 1.82. The molecule has 0 spiro atoms. The lowest BCUT2D eigenvalue weighted by Crippen LogP contribution is -2.19. The van der Waals surface area contributed by atoms with Crippen molar-refractivity contribution in [1.29, 1.82) is 5.26 Å². The molecule has 0 amide bonds. The van der Waals surface area contributed by atoms with Gasteiger partial charge in [0.1, 0.15) is 0 Å². The van der Waals surface area contributed by atoms with E-state index in [4.69, 9.17) is 0 Å². The second kappa shape index (κ2) is 6.51. The van der Waals surface area contributed by atoms with Gasteiger partial charge in [-0.3, -0.25) is 0 Å². The molecule has 0 aliphatic carbocycles. The van der Waals surface area contributed by atoms with Crippen molar-refractivity contribution >= 4 is 11.3 Å². The highest BCUT2D eigenvalue weighted by Gasteiger charge is 2.09. The molecule has 1 unspecified atom stereocenters. The maximum absolute atomic E-state index is 9.24. The normalized spacial score (nSPS) is 12.1. The zero-order valence-corrected chi connectivity index (χ0v) is 12.1. The van der Waals surface area contributed by atoms with Gasteiger partial charge in [-0.15, -0.1) is 11.3 Å². The minimum Gasteiger partial charge on any atom is -0.310 e. The fourth-order valence-electron chi connectivity index (χ4n) is 2.00. The first kappa shape index (κ1) is 13.8. The average molecular weight is 270 g/mol. The van der Waals surface area contributed by atoms with E-state index in [-0.39, 0.29) is 5.92 Å². The SMILES string of the molecule is Cc1cc(CNCC(C#N)c2ccccc2)sc1C. The van der Waals surface area contributed by atoms with Gasteiger partial charge in [0.15, 0.2) is 0 Å². The molecule has 1 aromatic carbocycles. The molecule has 0 bridgehead atoms. The van der Waals surface area contributed by atoms with Gasteiger partial charge in [-0.2, -0.15) is 5.26 Å². The Labute approximate surface area is 118 Å². The highest BCUT2D eigenvalue weighted by atomic mass is 32.1. The van der Waals surface area contributed by atoms with E-state index in [1.807, 2.05) is 41.7 Å². The Kier molecular flexibility index (Phi) is 4.73. The summed E-state index contributed by atoms with van der Waals surface area (Å²) in [5, 5.41) is 12.6. The first-order chi connectivity index (χ1) is 9.20. The van der Waals surface area contributed by atoms with Gasteiger partial charge in [-0.1, -0.05) is 30.3 Å². The van der Waals surface area contributed by atoms with Gasteiger partial charge >= 0.3 is 0 Å². The molecule has 0 fully saturated rings. The third kappa shape index (κ3) is 3.66. The second-order valence-corrected chi connectivity index (χ2v) is 6.02. The van der Waals surface area contributed by atoms with Gasteiger partial charge < -0.3 is 5.32 Å². The minimum atomic E-state index is -0.0802. The third-order valence-electron chi connectivity index (χ3n) is 3.22. The molecule has 2 nitrogen and oxygen atoms in total. The Balaban J connectivity index is 1.89. The monoisotopic (exact) mass is 270 g/mol. The first-order valence-corrected chi connectivity index (χ1v) is 7.23. The van der Waals surface area contributed by atoms with Gasteiger partial charge in [-0.25, -0.2) is 0 Å². The summed E-state index contributed by atoms with van der Waals surface area (Å²) in [6, 6.07) is 14.5. The standard InChI is InChI=1S/C16H18N2S/c1-12-8-16(19-13(12)2)11-18-10-15(9-17)14-6-4-3-5-7-14/h3-8,15,18H,10-11H2,1-2H3. The molecule has 2 rings (SSSR count). The smallest absolute Gasteiger partial charge is 0.0837 e. The molecule has 1 heterocycles. The van der Waals surface area contributed by atoms with Crippen LogP contribution in [0.25, 0.3) is 0 Å². The Morgan fingerprint density at radius 1 is 1.26 bits per heavy atom. The summed E-state index contributed by atoms with van der Waals surface area (Å²) in [5.41, 5.74) is 2.43. The summed E-state index contributed by atoms with van der Waals surface area (Å²) < 4.78 is 0. The predicted molar refractivity (Wildman–Crippen MR) is 80.3 cm³/mol. The van der Waals surface area contributed by atoms with Crippen LogP contribution in [0.1, 0.15) is 26.8 Å². The van der Waals surface area contributed by atoms with Crippen molar-refractivity contribution < 1.29 is 0 Å². The number of hydrogen-bond donors (Lipinski definition) is 1. The van der Waals surface area contributed by atoms with Crippen molar-refractivity contribution in [3.05, 3.63) is 57.3 Å². The number of rotatable bonds is 5. The summed E-state index contributed by atoms with van der Waals surface area (Å²) in [5.74, 6) is -0.0802. The topological polar surface area (TPSA) is 35.8 Å². The molecule has 0 aliphatic heterocycles. The number of benzene rings is 1. The quantitative estimate of drug-likeness (QED) is 0.898. The molecule has 1 N–H and O–H groups in total. The molecule has 98 valence electrons. The number of nitriles is 1. The molecule has 3 heteroatoms. The number of thiophene rings is 1. The number of nitrogens with one attached hydrogen (secondary N) is 1. The van der Waals surface area contributed by atoms with Crippen LogP contribution in [0.3, 0.4) is 0 Å². The summed E-state index contributed by atoms with van der Waals surface area (Å²) in [7, 11) is 0. The van der Waals surface area contributed by atoms with E-state index in [9.17, 15) is 5.26 Å². The Bertz CT molecular complexity index is 547. The van der Waals surface area contributed by atoms with Crippen LogP contribution in [-0.2, 0) is 6.54 Å². The number of nitrogens with zero attached hydrogens (tertiary/aromatic N) is 1. The van der Waals surface area contributed by atoms with E-state index >= 15 is 0 Å². The molecule has 0 saturated carbocycles. The Morgan fingerprint density at radius 2 is 2.00 bits per heavy atom. The van der Waals surface area contributed by atoms with Crippen LogP contribution in [0.15, 0.2) is 36.4 Å². The molecule has 1 aromatic heterocycles. The zero-order chi connectivity index (χ0) is 13.7. The lowest BCUT2D eigenvalue weighted by Gasteiger charge is -2.10. The fraction of sp³-hybridized carbons (Fsp3) is 0.312. The van der Waals surface area contributed by atoms with Crippen molar-refractivity contribution in [2.24, 2.45) is 0 Å². The van der Waals surface area contributed by atoms with E-state index in [2.05, 4.69) is 31.3 Å². The Morgan fingerprint density at radius 3 is 2.58 bits per heavy atom. The molecule has 2 aromatic rings. The largest absolute Gasteiger partial charge is 0.310 e. The van der Waals surface area contributed by atoms with E-state index in [1.165, 1.54) is 15.3 Å². The average Bonchev–Trinajstić information content (AvgIpc) is 2.75. The lowest BCUT2D eigenvalue weighted by molar-refractivity contribution is 0.657. The third-order valence-corrected chi connectivity index (χ3v) is 4.38. The van der Waals surface area contributed by atoms with Gasteiger partial charge in [0, 0.05) is 22.8 Å². The molecular formula is C16H18N2S. The molecule has 0 radical (unpaired) electrons. The molecule has 0 aliphatic rings. The zero-order valence-electron chi connectivity index (χ0n) is 11.3. The predicted octanol–water partition coefficient (Wildman–Crippen LogP) is 3.76. The van der Waals surface area contributed by atoms with Crippen LogP contribution >= 0.6 is 11.3 Å². The molecule has 1 atom stereocenters. The maximum Gasteiger partial charge on any atom is 0.0837 e. The molecule has 19 heavy (non-hydrogen) atoms. The fourth-order valence-corrected chi connectivity index (χ4v) is 3.02. The van der Waals surface area contributed by atoms with Gasteiger partial charge in [0.05, 0.1) is 12.0 Å². The van der Waals surface area contributed by atoms with Gasteiger partial charge in [-0.05, 0) is 31.0 Å². The summed E-state index contributed by atoms with van der Waals surface area (Å²) in [6.45, 7) is 5.81. The van der Waals surface area contributed by atoms with Crippen LogP contribution < -0.4 is 5.32 Å². The minimum absolute atomic E-state index is 0.0802. The first-order valence-electron chi connectivity index (χ1n) is 6.42. The van der Waals surface area contributed by atoms with Gasteiger partial charge in [0.25, 0.3) is 0 Å². The van der Waals surface area contributed by atoms with Crippen LogP contribution in [0, 0.1) is 25.2 Å². The van der Waals surface area contributed by atoms with Crippen molar-refractivity contribution in [3.8, 4) is 6.07 Å². The van der Waals surface area contributed by atoms with E-state index < -0.39 is 0 Å². The van der Waals surface area contributed by atoms with Crippen molar-refractivity contribution in [2.75, 3.05) is 6.54 Å². The summed E-state index contributed by atoms with van der Waals surface area (Å²) in [6.07, 6.45) is 0. The second-order valence-electron chi connectivity index (χ2n) is 4.68. The highest BCUT2D eigenvalue weighted by molar-refractivity contribution is 7.12. The van der Waals surface area contributed by atoms with Crippen LogP contribution in [0.2, 0.25) is 0 Å². The van der Waals surface area contributed by atoms with Crippen LogP contribution in [0.4, 0.5) is 0 Å². The molecular weight excluding hydrogens is 252 g/mol. The van der Waals surface area contributed by atoms with Crippen molar-refractivity contribution in [1.82, 2.24) is 5.32 Å². The summed E-state index contributed by atoms with van der Waals surface area (Å²) in [4.78, 5) is 2.71. The highest BCUT2D eigenvalue weighted by Crippen LogP contribution is 2.20. The van der Waals surface area contributed by atoms with Crippen molar-refractivity contribution in [2.45, 2.75) is 26.3 Å².